The molecule has 1 amide bonds. The number of carbonyl (C=O) groups excluding carboxylic acids is 1. The summed E-state index contributed by atoms with van der Waals surface area (Å²) in [6.07, 6.45) is 0.115. The number of hydrogen-bond acceptors (Lipinski definition) is 6. The number of carbonyl (C=O) groups is 2. The van der Waals surface area contributed by atoms with Crippen LogP contribution in [0.2, 0.25) is 0 Å². The summed E-state index contributed by atoms with van der Waals surface area (Å²) in [5.41, 5.74) is 2.49. The van der Waals surface area contributed by atoms with Crippen molar-refractivity contribution >= 4 is 12.4 Å². The second kappa shape index (κ2) is 8.41. The zero-order valence-electron chi connectivity index (χ0n) is 8.50. The molecule has 0 aliphatic carbocycles. The summed E-state index contributed by atoms with van der Waals surface area (Å²) in [5, 5.41) is 18.2. The van der Waals surface area contributed by atoms with Crippen LogP contribution in [0, 0.1) is 10.1 Å². The molecule has 0 spiro atoms. The maximum Gasteiger partial charge on any atom is 0.422 e. The first-order chi connectivity index (χ1) is 7.57. The lowest BCUT2D eigenvalue weighted by Crippen LogP contribution is -2.43. The van der Waals surface area contributed by atoms with Crippen LogP contribution in [-0.2, 0) is 9.63 Å². The Morgan fingerprint density at radius 3 is 2.75 bits per heavy atom. The largest absolute Gasteiger partial charge is 0.464 e. The van der Waals surface area contributed by atoms with Gasteiger partial charge >= 0.3 is 6.09 Å². The Hall–Kier alpha value is -1.90. The molecule has 9 heteroatoms. The maximum absolute atomic E-state index is 10.5. The third-order valence-electron chi connectivity index (χ3n) is 1.56. The van der Waals surface area contributed by atoms with E-state index in [1.807, 2.05) is 0 Å². The van der Waals surface area contributed by atoms with E-state index in [9.17, 15) is 19.7 Å². The number of nitrogens with one attached hydrogen (secondary N) is 1. The van der Waals surface area contributed by atoms with E-state index in [1.165, 1.54) is 0 Å². The molecular weight excluding hydrogens is 222 g/mol. The first-order valence-electron chi connectivity index (χ1n) is 4.53. The highest BCUT2D eigenvalue weighted by Crippen LogP contribution is 1.90. The molecule has 0 aromatic heterocycles. The van der Waals surface area contributed by atoms with E-state index in [4.69, 9.17) is 5.11 Å². The van der Waals surface area contributed by atoms with Crippen LogP contribution >= 0.6 is 0 Å². The summed E-state index contributed by atoms with van der Waals surface area (Å²) in [7, 11) is 0. The van der Waals surface area contributed by atoms with Gasteiger partial charge in [-0.1, -0.05) is 0 Å². The lowest BCUT2D eigenvalue weighted by molar-refractivity contribution is -0.757. The standard InChI is InChI=1S/C7H13N3O6/c11-5-4-9(7(12)13)8-3-1-2-6-16-10(14)15/h5,8H,1-4,6H2,(H,12,13). The van der Waals surface area contributed by atoms with E-state index >= 15 is 0 Å². The van der Waals surface area contributed by atoms with E-state index in [0.717, 1.165) is 5.01 Å². The van der Waals surface area contributed by atoms with Gasteiger partial charge < -0.3 is 14.7 Å². The minimum atomic E-state index is -1.26. The number of unbranched alkanes of at least 4 members (excludes halogenated alkanes) is 1. The third-order valence-corrected chi connectivity index (χ3v) is 1.56. The number of rotatable bonds is 9. The average molecular weight is 235 g/mol. The molecule has 0 aromatic carbocycles. The monoisotopic (exact) mass is 235 g/mol. The minimum Gasteiger partial charge on any atom is -0.464 e. The number of nitrogens with zero attached hydrogens (tertiary/aromatic N) is 2. The molecule has 0 saturated carbocycles. The fourth-order valence-electron chi connectivity index (χ4n) is 0.865. The van der Waals surface area contributed by atoms with Gasteiger partial charge in [-0.15, -0.1) is 10.1 Å². The predicted molar refractivity (Wildman–Crippen MR) is 51.0 cm³/mol. The van der Waals surface area contributed by atoms with Crippen molar-refractivity contribution in [3.8, 4) is 0 Å². The van der Waals surface area contributed by atoms with Gasteiger partial charge in [0.15, 0.2) is 0 Å². The zero-order valence-corrected chi connectivity index (χ0v) is 8.50. The van der Waals surface area contributed by atoms with Crippen molar-refractivity contribution in [2.75, 3.05) is 19.7 Å². The normalized spacial score (nSPS) is 9.50. The van der Waals surface area contributed by atoms with E-state index < -0.39 is 11.2 Å². The fourth-order valence-corrected chi connectivity index (χ4v) is 0.865. The molecule has 0 unspecified atom stereocenters. The van der Waals surface area contributed by atoms with Gasteiger partial charge in [0.1, 0.15) is 6.29 Å². The number of aldehydes is 1. The Bertz CT molecular complexity index is 246. The molecule has 0 atom stereocenters. The first-order valence-corrected chi connectivity index (χ1v) is 4.53. The molecule has 0 radical (unpaired) electrons. The van der Waals surface area contributed by atoms with Crippen molar-refractivity contribution in [1.29, 1.82) is 0 Å². The lowest BCUT2D eigenvalue weighted by atomic mass is 10.3. The molecule has 0 heterocycles. The maximum atomic E-state index is 10.5. The number of hydrogen-bond donors (Lipinski definition) is 2. The molecule has 9 nitrogen and oxygen atoms in total. The minimum absolute atomic E-state index is 0.0323. The van der Waals surface area contributed by atoms with Crippen molar-refractivity contribution in [1.82, 2.24) is 10.4 Å². The third kappa shape index (κ3) is 7.50. The molecule has 0 aromatic rings. The molecule has 92 valence electrons. The van der Waals surface area contributed by atoms with Crippen LogP contribution in [0.4, 0.5) is 4.79 Å². The average Bonchev–Trinajstić information content (AvgIpc) is 2.20. The highest BCUT2D eigenvalue weighted by Gasteiger charge is 2.08. The molecule has 16 heavy (non-hydrogen) atoms. The van der Waals surface area contributed by atoms with E-state index in [2.05, 4.69) is 10.3 Å². The van der Waals surface area contributed by atoms with Gasteiger partial charge in [0.05, 0.1) is 13.2 Å². The van der Waals surface area contributed by atoms with E-state index in [0.29, 0.717) is 25.7 Å². The Labute approximate surface area is 91.0 Å². The number of carboxylic acid groups (broad SMARTS) is 1. The summed E-state index contributed by atoms with van der Waals surface area (Å²) in [6, 6.07) is 0. The summed E-state index contributed by atoms with van der Waals surface area (Å²) in [4.78, 5) is 34.4. The second-order valence-corrected chi connectivity index (χ2v) is 2.73. The highest BCUT2D eigenvalue weighted by molar-refractivity contribution is 5.68. The molecule has 0 bridgehead atoms. The van der Waals surface area contributed by atoms with Gasteiger partial charge in [-0.3, -0.25) is 0 Å². The van der Waals surface area contributed by atoms with E-state index in [-0.39, 0.29) is 13.2 Å². The molecule has 2 N–H and O–H groups in total. The Morgan fingerprint density at radius 2 is 2.25 bits per heavy atom. The molecule has 0 aliphatic rings. The molecule has 0 rings (SSSR count). The summed E-state index contributed by atoms with van der Waals surface area (Å²) < 4.78 is 0. The van der Waals surface area contributed by atoms with Crippen LogP contribution in [-0.4, -0.2) is 47.3 Å². The van der Waals surface area contributed by atoms with Crippen LogP contribution in [0.5, 0.6) is 0 Å². The zero-order chi connectivity index (χ0) is 12.4. The summed E-state index contributed by atoms with van der Waals surface area (Å²) in [6.45, 7) is -0.00260. The van der Waals surface area contributed by atoms with Crippen molar-refractivity contribution in [2.45, 2.75) is 12.8 Å². The van der Waals surface area contributed by atoms with Crippen LogP contribution in [0.1, 0.15) is 12.8 Å². The van der Waals surface area contributed by atoms with Gasteiger partial charge in [-0.2, -0.15) is 0 Å². The van der Waals surface area contributed by atoms with Crippen molar-refractivity contribution in [3.05, 3.63) is 10.1 Å². The van der Waals surface area contributed by atoms with Gasteiger partial charge in [-0.05, 0) is 12.8 Å². The summed E-state index contributed by atoms with van der Waals surface area (Å²) in [5.74, 6) is 0. The first kappa shape index (κ1) is 14.1. The fraction of sp³-hybridized carbons (Fsp3) is 0.714. The van der Waals surface area contributed by atoms with Crippen molar-refractivity contribution in [2.24, 2.45) is 0 Å². The van der Waals surface area contributed by atoms with Gasteiger partial charge in [0.25, 0.3) is 5.09 Å². The molecule has 0 fully saturated rings. The topological polar surface area (TPSA) is 122 Å². The number of amides is 1. The van der Waals surface area contributed by atoms with Gasteiger partial charge in [0, 0.05) is 6.54 Å². The SMILES string of the molecule is O=CCN(NCCCCO[N+](=O)[O-])C(=O)O. The highest BCUT2D eigenvalue weighted by atomic mass is 16.9. The molecular formula is C7H13N3O6. The Balaban J connectivity index is 3.51. The van der Waals surface area contributed by atoms with Crippen molar-refractivity contribution < 1.29 is 24.6 Å². The van der Waals surface area contributed by atoms with Crippen molar-refractivity contribution in [3.63, 3.8) is 0 Å². The smallest absolute Gasteiger partial charge is 0.422 e. The van der Waals surface area contributed by atoms with Crippen LogP contribution in [0.25, 0.3) is 0 Å². The quantitative estimate of drug-likeness (QED) is 0.242. The lowest BCUT2D eigenvalue weighted by Gasteiger charge is -2.16. The molecule has 0 saturated heterocycles. The summed E-state index contributed by atoms with van der Waals surface area (Å²) >= 11 is 0. The number of hydrazine groups is 1. The van der Waals surface area contributed by atoms with Crippen LogP contribution in [0.15, 0.2) is 0 Å². The van der Waals surface area contributed by atoms with Crippen LogP contribution in [0.3, 0.4) is 0 Å². The second-order valence-electron chi connectivity index (χ2n) is 2.73. The van der Waals surface area contributed by atoms with E-state index in [1.54, 1.807) is 0 Å². The van der Waals surface area contributed by atoms with Crippen LogP contribution < -0.4 is 5.43 Å². The Kier molecular flexibility index (Phi) is 7.41. The Morgan fingerprint density at radius 1 is 1.56 bits per heavy atom. The molecule has 0 aliphatic heterocycles. The van der Waals surface area contributed by atoms with Gasteiger partial charge in [0.2, 0.25) is 0 Å². The predicted octanol–water partition coefficient (Wildman–Crippen LogP) is -0.342. The van der Waals surface area contributed by atoms with Gasteiger partial charge in [-0.25, -0.2) is 15.2 Å².